The predicted octanol–water partition coefficient (Wildman–Crippen LogP) is 4.36. The Hall–Kier alpha value is -1.54. The lowest BCUT2D eigenvalue weighted by molar-refractivity contribution is -0.116. The zero-order chi connectivity index (χ0) is 14.2. The van der Waals surface area contributed by atoms with Gasteiger partial charge >= 0.3 is 0 Å². The first kappa shape index (κ1) is 14.9. The summed E-state index contributed by atoms with van der Waals surface area (Å²) in [7, 11) is 0. The molecule has 1 aromatic rings. The van der Waals surface area contributed by atoms with Gasteiger partial charge in [-0.15, -0.1) is 0 Å². The van der Waals surface area contributed by atoms with Crippen LogP contribution in [-0.2, 0) is 4.79 Å². The van der Waals surface area contributed by atoms with E-state index in [1.807, 2.05) is 24.3 Å². The van der Waals surface area contributed by atoms with Crippen LogP contribution in [0, 0.1) is 0 Å². The Morgan fingerprint density at radius 3 is 3.00 bits per heavy atom. The van der Waals surface area contributed by atoms with Crippen LogP contribution in [0.3, 0.4) is 0 Å². The van der Waals surface area contributed by atoms with E-state index in [1.165, 1.54) is 31.3 Å². The maximum Gasteiger partial charge on any atom is 0.244 e. The van der Waals surface area contributed by atoms with Crippen molar-refractivity contribution in [3.05, 3.63) is 52.6 Å². The van der Waals surface area contributed by atoms with Crippen molar-refractivity contribution in [2.45, 2.75) is 32.1 Å². The molecule has 0 radical (unpaired) electrons. The van der Waals surface area contributed by atoms with Gasteiger partial charge in [-0.2, -0.15) is 0 Å². The molecule has 1 N–H and O–H groups in total. The predicted molar refractivity (Wildman–Crippen MR) is 84.7 cm³/mol. The van der Waals surface area contributed by atoms with E-state index in [0.717, 1.165) is 12.0 Å². The molecule has 0 aliphatic heterocycles. The summed E-state index contributed by atoms with van der Waals surface area (Å²) in [6, 6.07) is 7.44. The molecule has 0 fully saturated rings. The van der Waals surface area contributed by atoms with E-state index >= 15 is 0 Å². The van der Waals surface area contributed by atoms with Gasteiger partial charge in [0.25, 0.3) is 0 Å². The Balaban J connectivity index is 1.73. The second kappa shape index (κ2) is 7.91. The molecule has 0 saturated carbocycles. The molecule has 2 rings (SSSR count). The normalized spacial score (nSPS) is 15.2. The number of hydrogen-bond acceptors (Lipinski definition) is 1. The van der Waals surface area contributed by atoms with Crippen molar-refractivity contribution in [3.8, 4) is 0 Å². The number of rotatable bonds is 5. The lowest BCUT2D eigenvalue weighted by Crippen LogP contribution is -2.22. The van der Waals surface area contributed by atoms with E-state index in [-0.39, 0.29) is 5.91 Å². The molecule has 0 atom stereocenters. The van der Waals surface area contributed by atoms with Gasteiger partial charge in [-0.1, -0.05) is 35.4 Å². The number of nitrogens with one attached hydrogen (secondary N) is 1. The van der Waals surface area contributed by atoms with Gasteiger partial charge in [0.2, 0.25) is 5.91 Å². The van der Waals surface area contributed by atoms with Gasteiger partial charge in [-0.05, 0) is 55.9 Å². The number of allylic oxidation sites excluding steroid dienone is 1. The third-order valence-electron chi connectivity index (χ3n) is 3.41. The average Bonchev–Trinajstić information content (AvgIpc) is 2.46. The summed E-state index contributed by atoms with van der Waals surface area (Å²) in [5.41, 5.74) is 2.41. The van der Waals surface area contributed by atoms with Crippen molar-refractivity contribution in [1.82, 2.24) is 5.32 Å². The van der Waals surface area contributed by atoms with Crippen LogP contribution in [0.25, 0.3) is 6.08 Å². The highest BCUT2D eigenvalue weighted by Crippen LogP contribution is 2.19. The molecule has 0 spiro atoms. The van der Waals surface area contributed by atoms with Crippen LogP contribution in [0.1, 0.15) is 37.7 Å². The first-order valence-electron chi connectivity index (χ1n) is 7.13. The summed E-state index contributed by atoms with van der Waals surface area (Å²) in [5.74, 6) is -0.0543. The van der Waals surface area contributed by atoms with E-state index < -0.39 is 0 Å². The van der Waals surface area contributed by atoms with Crippen LogP contribution < -0.4 is 5.32 Å². The smallest absolute Gasteiger partial charge is 0.244 e. The molecule has 0 aromatic heterocycles. The van der Waals surface area contributed by atoms with E-state index in [0.29, 0.717) is 11.6 Å². The molecule has 20 heavy (non-hydrogen) atoms. The highest BCUT2D eigenvalue weighted by atomic mass is 35.5. The Bertz CT molecular complexity index is 519. The van der Waals surface area contributed by atoms with Crippen molar-refractivity contribution >= 4 is 23.6 Å². The highest BCUT2D eigenvalue weighted by molar-refractivity contribution is 6.30. The van der Waals surface area contributed by atoms with Gasteiger partial charge in [0.05, 0.1) is 0 Å². The molecule has 0 saturated heterocycles. The number of benzene rings is 1. The number of carbonyl (C=O) groups excluding carboxylic acids is 1. The fourth-order valence-corrected chi connectivity index (χ4v) is 2.52. The monoisotopic (exact) mass is 289 g/mol. The van der Waals surface area contributed by atoms with Gasteiger partial charge in [0.15, 0.2) is 0 Å². The second-order valence-corrected chi connectivity index (χ2v) is 5.47. The summed E-state index contributed by atoms with van der Waals surface area (Å²) in [6.07, 6.45) is 11.6. The first-order chi connectivity index (χ1) is 9.74. The molecule has 1 aliphatic carbocycles. The molecule has 0 unspecified atom stereocenters. The molecule has 0 bridgehead atoms. The van der Waals surface area contributed by atoms with Crippen LogP contribution in [0.15, 0.2) is 42.0 Å². The Morgan fingerprint density at radius 2 is 2.25 bits per heavy atom. The first-order valence-corrected chi connectivity index (χ1v) is 7.51. The topological polar surface area (TPSA) is 29.1 Å². The molecule has 1 aromatic carbocycles. The summed E-state index contributed by atoms with van der Waals surface area (Å²) in [6.45, 7) is 0.713. The number of amides is 1. The van der Waals surface area contributed by atoms with Gasteiger partial charge in [-0.25, -0.2) is 0 Å². The van der Waals surface area contributed by atoms with E-state index in [1.54, 1.807) is 12.2 Å². The third-order valence-corrected chi connectivity index (χ3v) is 3.64. The molecule has 1 amide bonds. The largest absolute Gasteiger partial charge is 0.352 e. The van der Waals surface area contributed by atoms with Crippen LogP contribution in [0.4, 0.5) is 0 Å². The minimum absolute atomic E-state index is 0.0543. The maximum atomic E-state index is 11.7. The quantitative estimate of drug-likeness (QED) is 0.633. The summed E-state index contributed by atoms with van der Waals surface area (Å²) < 4.78 is 0. The Morgan fingerprint density at radius 1 is 1.35 bits per heavy atom. The molecular formula is C17H20ClNO. The zero-order valence-electron chi connectivity index (χ0n) is 11.6. The number of hydrogen-bond donors (Lipinski definition) is 1. The SMILES string of the molecule is O=C(/C=C/c1cccc(Cl)c1)NCCC1=CCCCC1. The van der Waals surface area contributed by atoms with Crippen LogP contribution in [0.2, 0.25) is 5.02 Å². The van der Waals surface area contributed by atoms with Crippen LogP contribution in [-0.4, -0.2) is 12.5 Å². The van der Waals surface area contributed by atoms with Crippen LogP contribution >= 0.6 is 11.6 Å². The molecule has 106 valence electrons. The molecule has 0 heterocycles. The standard InChI is InChI=1S/C17H20ClNO/c18-16-8-4-7-15(13-16)9-10-17(20)19-12-11-14-5-2-1-3-6-14/h4-5,7-10,13H,1-3,6,11-12H2,(H,19,20)/b10-9+. The number of carbonyl (C=O) groups is 1. The van der Waals surface area contributed by atoms with E-state index in [4.69, 9.17) is 11.6 Å². The Labute approximate surface area is 125 Å². The molecule has 2 nitrogen and oxygen atoms in total. The van der Waals surface area contributed by atoms with E-state index in [9.17, 15) is 4.79 Å². The maximum absolute atomic E-state index is 11.7. The van der Waals surface area contributed by atoms with Crippen molar-refractivity contribution in [1.29, 1.82) is 0 Å². The fraction of sp³-hybridized carbons (Fsp3) is 0.353. The van der Waals surface area contributed by atoms with Crippen molar-refractivity contribution in [2.24, 2.45) is 0 Å². The van der Waals surface area contributed by atoms with Gasteiger partial charge in [0, 0.05) is 17.6 Å². The van der Waals surface area contributed by atoms with Crippen molar-refractivity contribution < 1.29 is 4.79 Å². The highest BCUT2D eigenvalue weighted by Gasteiger charge is 2.03. The second-order valence-electron chi connectivity index (χ2n) is 5.04. The lowest BCUT2D eigenvalue weighted by Gasteiger charge is -2.12. The summed E-state index contributed by atoms with van der Waals surface area (Å²) in [4.78, 5) is 11.7. The van der Waals surface area contributed by atoms with Crippen molar-refractivity contribution in [2.75, 3.05) is 6.54 Å². The minimum atomic E-state index is -0.0543. The van der Waals surface area contributed by atoms with Gasteiger partial charge < -0.3 is 5.32 Å². The fourth-order valence-electron chi connectivity index (χ4n) is 2.32. The zero-order valence-corrected chi connectivity index (χ0v) is 12.3. The summed E-state index contributed by atoms with van der Waals surface area (Å²) >= 11 is 5.89. The molecule has 3 heteroatoms. The van der Waals surface area contributed by atoms with Crippen molar-refractivity contribution in [3.63, 3.8) is 0 Å². The van der Waals surface area contributed by atoms with Gasteiger partial charge in [-0.3, -0.25) is 4.79 Å². The van der Waals surface area contributed by atoms with E-state index in [2.05, 4.69) is 11.4 Å². The molecular weight excluding hydrogens is 270 g/mol. The number of halogens is 1. The average molecular weight is 290 g/mol. The van der Waals surface area contributed by atoms with Crippen LogP contribution in [0.5, 0.6) is 0 Å². The Kier molecular flexibility index (Phi) is 5.87. The van der Waals surface area contributed by atoms with Gasteiger partial charge in [0.1, 0.15) is 0 Å². The third kappa shape index (κ3) is 5.22. The minimum Gasteiger partial charge on any atom is -0.352 e. The lowest BCUT2D eigenvalue weighted by atomic mass is 9.97. The summed E-state index contributed by atoms with van der Waals surface area (Å²) in [5, 5.41) is 3.59. The molecule has 1 aliphatic rings.